The van der Waals surface area contributed by atoms with Gasteiger partial charge in [0.05, 0.1) is 0 Å². The Balaban J connectivity index is 2.79. The Morgan fingerprint density at radius 3 is 2.60 bits per heavy atom. The van der Waals surface area contributed by atoms with Gasteiger partial charge in [-0.05, 0) is 12.8 Å². The van der Waals surface area contributed by atoms with Crippen molar-refractivity contribution in [3.63, 3.8) is 0 Å². The lowest BCUT2D eigenvalue weighted by Crippen LogP contribution is -2.20. The fraction of sp³-hybridized carbons (Fsp3) is 0.333. The summed E-state index contributed by atoms with van der Waals surface area (Å²) in [6, 6.07) is 0. The summed E-state index contributed by atoms with van der Waals surface area (Å²) in [5.74, 6) is 0. The van der Waals surface area contributed by atoms with Crippen LogP contribution >= 0.6 is 0 Å². The quantitative estimate of drug-likeness (QED) is 0.431. The van der Waals surface area contributed by atoms with Gasteiger partial charge in [0, 0.05) is 11.2 Å². The zero-order chi connectivity index (χ0) is 7.56. The number of nitrogens with two attached hydrogens (primary N) is 1. The average molecular weight is 139 g/mol. The van der Waals surface area contributed by atoms with Crippen molar-refractivity contribution in [1.82, 2.24) is 0 Å². The van der Waals surface area contributed by atoms with E-state index in [-0.39, 0.29) is 0 Å². The van der Waals surface area contributed by atoms with E-state index >= 15 is 0 Å². The van der Waals surface area contributed by atoms with Crippen molar-refractivity contribution in [3.05, 3.63) is 23.3 Å². The van der Waals surface area contributed by atoms with Crippen molar-refractivity contribution >= 4 is 7.12 Å². The Morgan fingerprint density at radius 2 is 2.20 bits per heavy atom. The largest absolute Gasteiger partial charge is 0.490 e. The second-order valence-electron chi connectivity index (χ2n) is 2.30. The molecule has 0 aliphatic heterocycles. The molecular formula is C6H10BNO2. The topological polar surface area (TPSA) is 66.5 Å². The van der Waals surface area contributed by atoms with Crippen LogP contribution in [0.1, 0.15) is 12.8 Å². The van der Waals surface area contributed by atoms with Gasteiger partial charge in [0.1, 0.15) is 0 Å². The fourth-order valence-electron chi connectivity index (χ4n) is 0.952. The molecule has 3 nitrogen and oxygen atoms in total. The van der Waals surface area contributed by atoms with Crippen LogP contribution in [0.3, 0.4) is 0 Å². The first-order valence-corrected chi connectivity index (χ1v) is 3.23. The minimum absolute atomic E-state index is 0.436. The molecule has 1 rings (SSSR count). The van der Waals surface area contributed by atoms with E-state index < -0.39 is 7.12 Å². The first-order valence-electron chi connectivity index (χ1n) is 3.23. The molecule has 1 aliphatic carbocycles. The number of rotatable bonds is 1. The van der Waals surface area contributed by atoms with Crippen molar-refractivity contribution < 1.29 is 10.0 Å². The molecule has 0 spiro atoms. The van der Waals surface area contributed by atoms with Gasteiger partial charge in [-0.2, -0.15) is 0 Å². The summed E-state index contributed by atoms with van der Waals surface area (Å²) in [7, 11) is -1.42. The first kappa shape index (κ1) is 7.37. The molecule has 4 heteroatoms. The highest BCUT2D eigenvalue weighted by Gasteiger charge is 2.16. The average Bonchev–Trinajstić information content (AvgIpc) is 1.88. The summed E-state index contributed by atoms with van der Waals surface area (Å²) in [6.07, 6.45) is 5.15. The Kier molecular flexibility index (Phi) is 2.14. The van der Waals surface area contributed by atoms with Crippen molar-refractivity contribution in [3.8, 4) is 0 Å². The van der Waals surface area contributed by atoms with E-state index in [1.807, 2.05) is 6.08 Å². The zero-order valence-corrected chi connectivity index (χ0v) is 5.62. The minimum atomic E-state index is -1.42. The van der Waals surface area contributed by atoms with E-state index in [0.717, 1.165) is 12.8 Å². The monoisotopic (exact) mass is 139 g/mol. The second-order valence-corrected chi connectivity index (χ2v) is 2.30. The summed E-state index contributed by atoms with van der Waals surface area (Å²) in [5.41, 5.74) is 6.51. The predicted octanol–water partition coefficient (Wildman–Crippen LogP) is -0.439. The summed E-state index contributed by atoms with van der Waals surface area (Å²) >= 11 is 0. The third-order valence-corrected chi connectivity index (χ3v) is 1.53. The van der Waals surface area contributed by atoms with Crippen LogP contribution in [0.25, 0.3) is 0 Å². The van der Waals surface area contributed by atoms with Gasteiger partial charge in [0.15, 0.2) is 0 Å². The smallest absolute Gasteiger partial charge is 0.423 e. The van der Waals surface area contributed by atoms with Crippen LogP contribution in [0.4, 0.5) is 0 Å². The molecule has 0 radical (unpaired) electrons. The van der Waals surface area contributed by atoms with E-state index in [0.29, 0.717) is 11.2 Å². The normalized spacial score (nSPS) is 17.8. The Labute approximate surface area is 60.0 Å². The van der Waals surface area contributed by atoms with E-state index in [4.69, 9.17) is 15.8 Å². The summed E-state index contributed by atoms with van der Waals surface area (Å²) in [6.45, 7) is 0. The highest BCUT2D eigenvalue weighted by atomic mass is 16.4. The van der Waals surface area contributed by atoms with Gasteiger partial charge >= 0.3 is 7.12 Å². The van der Waals surface area contributed by atoms with Crippen LogP contribution in [0.15, 0.2) is 23.3 Å². The molecule has 0 unspecified atom stereocenters. The summed E-state index contributed by atoms with van der Waals surface area (Å²) in [4.78, 5) is 0. The molecule has 0 aromatic heterocycles. The Bertz CT molecular complexity index is 186. The van der Waals surface area contributed by atoms with E-state index in [9.17, 15) is 0 Å². The molecule has 0 heterocycles. The lowest BCUT2D eigenvalue weighted by Gasteiger charge is -2.10. The SMILES string of the molecule is NC1=C(B(O)O)C=CCC1. The van der Waals surface area contributed by atoms with Gasteiger partial charge in [-0.3, -0.25) is 0 Å². The first-order chi connectivity index (χ1) is 4.72. The maximum atomic E-state index is 8.71. The van der Waals surface area contributed by atoms with Crippen LogP contribution < -0.4 is 5.73 Å². The van der Waals surface area contributed by atoms with Crippen molar-refractivity contribution in [2.24, 2.45) is 5.73 Å². The third kappa shape index (κ3) is 1.40. The Morgan fingerprint density at radius 1 is 1.50 bits per heavy atom. The van der Waals surface area contributed by atoms with Crippen LogP contribution in [-0.2, 0) is 0 Å². The Hall–Kier alpha value is -0.735. The minimum Gasteiger partial charge on any atom is -0.423 e. The van der Waals surface area contributed by atoms with Gasteiger partial charge in [0.2, 0.25) is 0 Å². The molecule has 0 saturated heterocycles. The standard InChI is InChI=1S/C6H10BNO2/c8-6-4-2-1-3-5(6)7(9)10/h1,3,9-10H,2,4,8H2. The molecule has 0 aromatic carbocycles. The maximum absolute atomic E-state index is 8.71. The van der Waals surface area contributed by atoms with E-state index in [1.165, 1.54) is 0 Å². The molecule has 0 bridgehead atoms. The van der Waals surface area contributed by atoms with Crippen molar-refractivity contribution in [1.29, 1.82) is 0 Å². The van der Waals surface area contributed by atoms with Gasteiger partial charge in [-0.25, -0.2) is 0 Å². The molecular weight excluding hydrogens is 129 g/mol. The number of allylic oxidation sites excluding steroid dienone is 4. The second kappa shape index (κ2) is 2.90. The van der Waals surface area contributed by atoms with Crippen molar-refractivity contribution in [2.75, 3.05) is 0 Å². The molecule has 0 fully saturated rings. The maximum Gasteiger partial charge on any atom is 0.490 e. The van der Waals surface area contributed by atoms with Crippen LogP contribution in [0.2, 0.25) is 0 Å². The number of hydrogen-bond donors (Lipinski definition) is 3. The van der Waals surface area contributed by atoms with E-state index in [2.05, 4.69) is 0 Å². The predicted molar refractivity (Wildman–Crippen MR) is 39.8 cm³/mol. The lowest BCUT2D eigenvalue weighted by molar-refractivity contribution is 0.419. The van der Waals surface area contributed by atoms with Gasteiger partial charge in [-0.15, -0.1) is 0 Å². The molecule has 0 amide bonds. The van der Waals surface area contributed by atoms with Crippen molar-refractivity contribution in [2.45, 2.75) is 12.8 Å². The molecule has 0 aromatic rings. The van der Waals surface area contributed by atoms with Crippen LogP contribution in [0.5, 0.6) is 0 Å². The fourth-order valence-corrected chi connectivity index (χ4v) is 0.952. The van der Waals surface area contributed by atoms with Crippen LogP contribution in [0, 0.1) is 0 Å². The molecule has 1 aliphatic rings. The van der Waals surface area contributed by atoms with Crippen LogP contribution in [-0.4, -0.2) is 17.2 Å². The lowest BCUT2D eigenvalue weighted by atomic mass is 9.75. The number of hydrogen-bond acceptors (Lipinski definition) is 3. The van der Waals surface area contributed by atoms with Gasteiger partial charge < -0.3 is 15.8 Å². The molecule has 10 heavy (non-hydrogen) atoms. The molecule has 4 N–H and O–H groups in total. The van der Waals surface area contributed by atoms with Gasteiger partial charge in [-0.1, -0.05) is 12.2 Å². The summed E-state index contributed by atoms with van der Waals surface area (Å²) < 4.78 is 0. The van der Waals surface area contributed by atoms with E-state index in [1.54, 1.807) is 6.08 Å². The van der Waals surface area contributed by atoms with Gasteiger partial charge in [0.25, 0.3) is 0 Å². The molecule has 0 atom stereocenters. The molecule has 0 saturated carbocycles. The molecule has 54 valence electrons. The highest BCUT2D eigenvalue weighted by molar-refractivity contribution is 6.52. The third-order valence-electron chi connectivity index (χ3n) is 1.53. The highest BCUT2D eigenvalue weighted by Crippen LogP contribution is 2.14. The summed E-state index contributed by atoms with van der Waals surface area (Å²) in [5, 5.41) is 17.4. The zero-order valence-electron chi connectivity index (χ0n) is 5.62.